The van der Waals surface area contributed by atoms with Crippen molar-refractivity contribution in [3.05, 3.63) is 27.2 Å². The SMILES string of the molecule is Cn1c(=O)c2c(ncn2CCCC(=O)N2CCOCC2(C)C)n(C)c1=O. The summed E-state index contributed by atoms with van der Waals surface area (Å²) in [6, 6.07) is 0. The summed E-state index contributed by atoms with van der Waals surface area (Å²) in [5.41, 5.74) is -0.336. The van der Waals surface area contributed by atoms with Crippen LogP contribution >= 0.6 is 0 Å². The zero-order valence-corrected chi connectivity index (χ0v) is 15.7. The average molecular weight is 363 g/mol. The van der Waals surface area contributed by atoms with Crippen LogP contribution in [0.25, 0.3) is 11.2 Å². The van der Waals surface area contributed by atoms with Gasteiger partial charge in [-0.3, -0.25) is 18.7 Å². The first-order valence-electron chi connectivity index (χ1n) is 8.73. The van der Waals surface area contributed by atoms with E-state index < -0.39 is 5.69 Å². The van der Waals surface area contributed by atoms with Gasteiger partial charge in [-0.05, 0) is 20.3 Å². The number of imidazole rings is 1. The minimum atomic E-state index is -0.405. The van der Waals surface area contributed by atoms with Crippen LogP contribution in [-0.4, -0.2) is 54.8 Å². The first-order chi connectivity index (χ1) is 12.2. The van der Waals surface area contributed by atoms with E-state index in [2.05, 4.69) is 4.98 Å². The largest absolute Gasteiger partial charge is 0.377 e. The Labute approximate surface area is 150 Å². The van der Waals surface area contributed by atoms with Crippen LogP contribution in [0.5, 0.6) is 0 Å². The van der Waals surface area contributed by atoms with E-state index in [9.17, 15) is 14.4 Å². The Morgan fingerprint density at radius 2 is 2.00 bits per heavy atom. The highest BCUT2D eigenvalue weighted by Crippen LogP contribution is 2.20. The summed E-state index contributed by atoms with van der Waals surface area (Å²) >= 11 is 0. The molecular formula is C17H25N5O4. The molecule has 26 heavy (non-hydrogen) atoms. The Balaban J connectivity index is 1.74. The number of carbonyl (C=O) groups is 1. The second kappa shape index (κ2) is 6.71. The second-order valence-corrected chi connectivity index (χ2v) is 7.33. The molecule has 1 aliphatic rings. The number of aromatic nitrogens is 4. The standard InChI is InChI=1S/C17H25N5O4/c1-17(2)10-26-9-8-22(17)12(23)6-5-7-21-11-18-14-13(21)15(24)20(4)16(25)19(14)3/h11H,5-10H2,1-4H3. The molecule has 2 aromatic rings. The number of morpholine rings is 1. The number of fused-ring (bicyclic) bond motifs is 1. The number of aryl methyl sites for hydroxylation is 2. The van der Waals surface area contributed by atoms with Gasteiger partial charge in [0.1, 0.15) is 0 Å². The van der Waals surface area contributed by atoms with Crippen LogP contribution in [0.2, 0.25) is 0 Å². The number of nitrogens with zero attached hydrogens (tertiary/aromatic N) is 5. The van der Waals surface area contributed by atoms with Gasteiger partial charge in [0.2, 0.25) is 5.91 Å². The van der Waals surface area contributed by atoms with Crippen LogP contribution in [0, 0.1) is 0 Å². The van der Waals surface area contributed by atoms with E-state index in [1.807, 2.05) is 18.7 Å². The third-order valence-corrected chi connectivity index (χ3v) is 4.95. The number of rotatable bonds is 4. The predicted molar refractivity (Wildman–Crippen MR) is 96.1 cm³/mol. The molecule has 0 aromatic carbocycles. The summed E-state index contributed by atoms with van der Waals surface area (Å²) in [4.78, 5) is 43.0. The van der Waals surface area contributed by atoms with Gasteiger partial charge in [-0.25, -0.2) is 9.78 Å². The lowest BCUT2D eigenvalue weighted by Gasteiger charge is -2.42. The summed E-state index contributed by atoms with van der Waals surface area (Å²) < 4.78 is 9.60. The quantitative estimate of drug-likeness (QED) is 0.753. The molecule has 3 heterocycles. The summed E-state index contributed by atoms with van der Waals surface area (Å²) in [6.45, 7) is 6.18. The molecule has 9 nitrogen and oxygen atoms in total. The zero-order chi connectivity index (χ0) is 19.1. The minimum Gasteiger partial charge on any atom is -0.377 e. The molecular weight excluding hydrogens is 338 g/mol. The Morgan fingerprint density at radius 3 is 2.69 bits per heavy atom. The molecule has 9 heteroatoms. The molecule has 0 bridgehead atoms. The summed E-state index contributed by atoms with van der Waals surface area (Å²) in [5.74, 6) is 0.0861. The molecule has 1 saturated heterocycles. The molecule has 1 aliphatic heterocycles. The average Bonchev–Trinajstić information content (AvgIpc) is 3.01. The summed E-state index contributed by atoms with van der Waals surface area (Å²) in [5, 5.41) is 0. The van der Waals surface area contributed by atoms with E-state index in [1.165, 1.54) is 11.6 Å². The maximum absolute atomic E-state index is 12.6. The fourth-order valence-corrected chi connectivity index (χ4v) is 3.42. The van der Waals surface area contributed by atoms with Crippen LogP contribution in [0.1, 0.15) is 26.7 Å². The predicted octanol–water partition coefficient (Wildman–Crippen LogP) is -0.149. The molecule has 0 atom stereocenters. The third-order valence-electron chi connectivity index (χ3n) is 4.95. The smallest absolute Gasteiger partial charge is 0.332 e. The highest BCUT2D eigenvalue weighted by Gasteiger charge is 2.33. The molecule has 142 valence electrons. The second-order valence-electron chi connectivity index (χ2n) is 7.33. The lowest BCUT2D eigenvalue weighted by Crippen LogP contribution is -2.55. The first-order valence-corrected chi connectivity index (χ1v) is 8.73. The first kappa shape index (κ1) is 18.4. The lowest BCUT2D eigenvalue weighted by atomic mass is 10.0. The fraction of sp³-hybridized carbons (Fsp3) is 0.647. The van der Waals surface area contributed by atoms with E-state index in [-0.39, 0.29) is 17.0 Å². The van der Waals surface area contributed by atoms with Gasteiger partial charge in [-0.2, -0.15) is 0 Å². The monoisotopic (exact) mass is 363 g/mol. The van der Waals surface area contributed by atoms with Crippen molar-refractivity contribution in [1.29, 1.82) is 0 Å². The molecule has 0 aliphatic carbocycles. The van der Waals surface area contributed by atoms with Crippen molar-refractivity contribution in [3.8, 4) is 0 Å². The molecule has 0 N–H and O–H groups in total. The van der Waals surface area contributed by atoms with Crippen molar-refractivity contribution in [1.82, 2.24) is 23.6 Å². The highest BCUT2D eigenvalue weighted by molar-refractivity contribution is 5.77. The maximum Gasteiger partial charge on any atom is 0.332 e. The molecule has 0 spiro atoms. The Morgan fingerprint density at radius 1 is 1.27 bits per heavy atom. The van der Waals surface area contributed by atoms with Crippen molar-refractivity contribution in [3.63, 3.8) is 0 Å². The van der Waals surface area contributed by atoms with Gasteiger partial charge in [0.15, 0.2) is 11.2 Å². The van der Waals surface area contributed by atoms with Crippen LogP contribution in [0.4, 0.5) is 0 Å². The Hall–Kier alpha value is -2.42. The summed E-state index contributed by atoms with van der Waals surface area (Å²) in [6.07, 6.45) is 2.52. The topological polar surface area (TPSA) is 91.4 Å². The number of amides is 1. The minimum absolute atomic E-state index is 0.0861. The van der Waals surface area contributed by atoms with Gasteiger partial charge in [-0.1, -0.05) is 0 Å². The van der Waals surface area contributed by atoms with E-state index in [0.717, 1.165) is 4.57 Å². The molecule has 2 aromatic heterocycles. The summed E-state index contributed by atoms with van der Waals surface area (Å²) in [7, 11) is 3.04. The van der Waals surface area contributed by atoms with Gasteiger partial charge in [0, 0.05) is 33.6 Å². The fourth-order valence-electron chi connectivity index (χ4n) is 3.42. The van der Waals surface area contributed by atoms with Gasteiger partial charge >= 0.3 is 5.69 Å². The van der Waals surface area contributed by atoms with Crippen LogP contribution in [-0.2, 0) is 30.2 Å². The van der Waals surface area contributed by atoms with E-state index >= 15 is 0 Å². The van der Waals surface area contributed by atoms with Gasteiger partial charge in [0.05, 0.1) is 25.1 Å². The van der Waals surface area contributed by atoms with Crippen LogP contribution < -0.4 is 11.2 Å². The van der Waals surface area contributed by atoms with Gasteiger partial charge in [0.25, 0.3) is 5.56 Å². The van der Waals surface area contributed by atoms with Crippen molar-refractivity contribution in [2.75, 3.05) is 19.8 Å². The van der Waals surface area contributed by atoms with Crippen molar-refractivity contribution >= 4 is 17.1 Å². The maximum atomic E-state index is 12.6. The molecule has 3 rings (SSSR count). The van der Waals surface area contributed by atoms with Gasteiger partial charge in [-0.15, -0.1) is 0 Å². The molecule has 1 fully saturated rings. The number of carbonyl (C=O) groups excluding carboxylic acids is 1. The van der Waals surface area contributed by atoms with E-state index in [4.69, 9.17) is 4.74 Å². The molecule has 1 amide bonds. The lowest BCUT2D eigenvalue weighted by molar-refractivity contribution is -0.146. The third kappa shape index (κ3) is 3.07. The number of hydrogen-bond donors (Lipinski definition) is 0. The molecule has 0 saturated carbocycles. The van der Waals surface area contributed by atoms with Crippen LogP contribution in [0.15, 0.2) is 15.9 Å². The number of hydrogen-bond acceptors (Lipinski definition) is 5. The number of ether oxygens (including phenoxy) is 1. The highest BCUT2D eigenvalue weighted by atomic mass is 16.5. The van der Waals surface area contributed by atoms with Crippen molar-refractivity contribution in [2.45, 2.75) is 38.8 Å². The van der Waals surface area contributed by atoms with E-state index in [1.54, 1.807) is 17.9 Å². The Kier molecular flexibility index (Phi) is 4.74. The van der Waals surface area contributed by atoms with Crippen molar-refractivity contribution < 1.29 is 9.53 Å². The van der Waals surface area contributed by atoms with Crippen LogP contribution in [0.3, 0.4) is 0 Å². The molecule has 0 unspecified atom stereocenters. The molecule has 0 radical (unpaired) electrons. The van der Waals surface area contributed by atoms with E-state index in [0.29, 0.717) is 50.3 Å². The Bertz CT molecular complexity index is 952. The van der Waals surface area contributed by atoms with Crippen molar-refractivity contribution in [2.24, 2.45) is 14.1 Å². The zero-order valence-electron chi connectivity index (χ0n) is 15.7. The van der Waals surface area contributed by atoms with Gasteiger partial charge < -0.3 is 14.2 Å². The normalized spacial score (nSPS) is 17.0.